The normalized spacial score (nSPS) is 9.74. The van der Waals surface area contributed by atoms with E-state index in [1.165, 1.54) is 18.2 Å². The molecule has 0 fully saturated rings. The topological polar surface area (TPSA) is 40.5 Å². The third kappa shape index (κ3) is 5.00. The second-order valence-corrected chi connectivity index (χ2v) is 5.29. The van der Waals surface area contributed by atoms with Crippen molar-refractivity contribution in [2.75, 3.05) is 0 Å². The zero-order chi connectivity index (χ0) is 14.6. The molecule has 2 N–H and O–H groups in total. The Bertz CT molecular complexity index is 544. The highest BCUT2D eigenvalue weighted by molar-refractivity contribution is 14.1. The van der Waals surface area contributed by atoms with Crippen LogP contribution in [0, 0.1) is 15.2 Å². The molecule has 0 amide bonds. The summed E-state index contributed by atoms with van der Waals surface area (Å²) in [6, 6.07) is 5.94. The average Bonchev–Trinajstić information content (AvgIpc) is 2.33. The van der Waals surface area contributed by atoms with Crippen molar-refractivity contribution in [3.8, 4) is 11.5 Å². The van der Waals surface area contributed by atoms with E-state index in [9.17, 15) is 8.78 Å². The molecular weight excluding hydrogens is 412 g/mol. The minimum absolute atomic E-state index is 0.0211. The quantitative estimate of drug-likeness (QED) is 0.468. The van der Waals surface area contributed by atoms with Gasteiger partial charge in [-0.15, -0.1) is 0 Å². The maximum Gasteiger partial charge on any atom is 0.145 e. The molecule has 0 spiro atoms. The van der Waals surface area contributed by atoms with Crippen molar-refractivity contribution < 1.29 is 19.0 Å². The van der Waals surface area contributed by atoms with Gasteiger partial charge in [0.1, 0.15) is 23.1 Å². The minimum atomic E-state index is -0.600. The predicted octanol–water partition coefficient (Wildman–Crippen LogP) is 4.97. The van der Waals surface area contributed by atoms with Crippen molar-refractivity contribution in [2.24, 2.45) is 0 Å². The standard InChI is InChI=1S/C6H3ClFIO.C6H4ClFO/c7-3-1-5(9)6(10)2-4(3)8;7-5-2-1-4(9)3-6(5)8/h1-2,10H;1-3,9H. The highest BCUT2D eigenvalue weighted by atomic mass is 127. The lowest BCUT2D eigenvalue weighted by Crippen LogP contribution is -1.79. The third-order valence-electron chi connectivity index (χ3n) is 1.89. The van der Waals surface area contributed by atoms with Gasteiger partial charge in [-0.25, -0.2) is 8.78 Å². The number of aromatic hydroxyl groups is 2. The molecule has 7 heteroatoms. The van der Waals surface area contributed by atoms with Crippen LogP contribution in [-0.2, 0) is 0 Å². The Balaban J connectivity index is 0.000000191. The van der Waals surface area contributed by atoms with Crippen LogP contribution in [-0.4, -0.2) is 10.2 Å². The Kier molecular flexibility index (Phi) is 6.09. The summed E-state index contributed by atoms with van der Waals surface area (Å²) in [7, 11) is 0. The van der Waals surface area contributed by atoms with Crippen molar-refractivity contribution in [1.29, 1.82) is 0 Å². The molecule has 2 aromatic carbocycles. The molecule has 0 unspecified atom stereocenters. The van der Waals surface area contributed by atoms with Crippen LogP contribution in [0.3, 0.4) is 0 Å². The number of hydrogen-bond donors (Lipinski definition) is 2. The van der Waals surface area contributed by atoms with Gasteiger partial charge in [-0.1, -0.05) is 23.2 Å². The van der Waals surface area contributed by atoms with Crippen LogP contribution in [0.1, 0.15) is 0 Å². The third-order valence-corrected chi connectivity index (χ3v) is 3.35. The Hall–Kier alpha value is -0.790. The van der Waals surface area contributed by atoms with E-state index in [0.717, 1.165) is 12.1 Å². The molecule has 2 rings (SSSR count). The van der Waals surface area contributed by atoms with Gasteiger partial charge in [0.15, 0.2) is 0 Å². The number of halogens is 5. The number of rotatable bonds is 0. The predicted molar refractivity (Wildman–Crippen MR) is 78.9 cm³/mol. The summed E-state index contributed by atoms with van der Waals surface area (Å²) >= 11 is 12.6. The Morgan fingerprint density at radius 2 is 1.47 bits per heavy atom. The lowest BCUT2D eigenvalue weighted by atomic mass is 10.3. The molecule has 19 heavy (non-hydrogen) atoms. The molecule has 0 aromatic heterocycles. The molecule has 0 saturated heterocycles. The van der Waals surface area contributed by atoms with Crippen molar-refractivity contribution in [1.82, 2.24) is 0 Å². The number of phenols is 2. The van der Waals surface area contributed by atoms with E-state index in [1.54, 1.807) is 0 Å². The van der Waals surface area contributed by atoms with Crippen molar-refractivity contribution >= 4 is 45.8 Å². The van der Waals surface area contributed by atoms with Gasteiger partial charge in [-0.3, -0.25) is 0 Å². The van der Waals surface area contributed by atoms with Crippen LogP contribution in [0.15, 0.2) is 30.3 Å². The lowest BCUT2D eigenvalue weighted by Gasteiger charge is -1.97. The molecular formula is C12H7Cl2F2IO2. The van der Waals surface area contributed by atoms with E-state index in [-0.39, 0.29) is 21.5 Å². The van der Waals surface area contributed by atoms with Gasteiger partial charge < -0.3 is 10.2 Å². The Morgan fingerprint density at radius 1 is 0.895 bits per heavy atom. The Labute approximate surface area is 131 Å². The van der Waals surface area contributed by atoms with E-state index < -0.39 is 11.6 Å². The number of phenolic OH excluding ortho intramolecular Hbond substituents is 2. The van der Waals surface area contributed by atoms with E-state index in [4.69, 9.17) is 33.4 Å². The fourth-order valence-corrected chi connectivity index (χ4v) is 1.93. The van der Waals surface area contributed by atoms with Gasteiger partial charge in [-0.05, 0) is 40.8 Å². The molecule has 0 aliphatic carbocycles. The summed E-state index contributed by atoms with van der Waals surface area (Å²) in [6.45, 7) is 0. The first-order valence-electron chi connectivity index (χ1n) is 4.78. The van der Waals surface area contributed by atoms with E-state index in [0.29, 0.717) is 3.57 Å². The van der Waals surface area contributed by atoms with Gasteiger partial charge in [0, 0.05) is 12.1 Å². The summed E-state index contributed by atoms with van der Waals surface area (Å²) < 4.78 is 25.3. The minimum Gasteiger partial charge on any atom is -0.508 e. The SMILES string of the molecule is Oc1cc(F)c(Cl)cc1I.Oc1ccc(Cl)c(F)c1. The van der Waals surface area contributed by atoms with Crippen molar-refractivity contribution in [3.63, 3.8) is 0 Å². The fourth-order valence-electron chi connectivity index (χ4n) is 0.997. The monoisotopic (exact) mass is 418 g/mol. The van der Waals surface area contributed by atoms with E-state index in [1.807, 2.05) is 22.6 Å². The van der Waals surface area contributed by atoms with Gasteiger partial charge >= 0.3 is 0 Å². The van der Waals surface area contributed by atoms with E-state index in [2.05, 4.69) is 0 Å². The summed E-state index contributed by atoms with van der Waals surface area (Å²) in [4.78, 5) is 0. The molecule has 0 bridgehead atoms. The molecule has 2 aromatic rings. The maximum absolute atomic E-state index is 12.5. The highest BCUT2D eigenvalue weighted by Gasteiger charge is 2.03. The van der Waals surface area contributed by atoms with Crippen LogP contribution in [0.2, 0.25) is 10.0 Å². The maximum atomic E-state index is 12.5. The molecule has 102 valence electrons. The first-order chi connectivity index (χ1) is 8.81. The van der Waals surface area contributed by atoms with Crippen molar-refractivity contribution in [2.45, 2.75) is 0 Å². The zero-order valence-electron chi connectivity index (χ0n) is 9.17. The summed E-state index contributed by atoms with van der Waals surface area (Å²) in [5, 5.41) is 17.6. The van der Waals surface area contributed by atoms with Crippen LogP contribution in [0.25, 0.3) is 0 Å². The molecule has 2 nitrogen and oxygen atoms in total. The van der Waals surface area contributed by atoms with Crippen LogP contribution < -0.4 is 0 Å². The molecule has 0 saturated carbocycles. The second kappa shape index (κ2) is 7.12. The molecule has 0 atom stereocenters. The fraction of sp³-hybridized carbons (Fsp3) is 0. The van der Waals surface area contributed by atoms with Gasteiger partial charge in [0.25, 0.3) is 0 Å². The van der Waals surface area contributed by atoms with Gasteiger partial charge in [0.2, 0.25) is 0 Å². The van der Waals surface area contributed by atoms with Crippen LogP contribution in [0.4, 0.5) is 8.78 Å². The van der Waals surface area contributed by atoms with Crippen LogP contribution >= 0.6 is 45.8 Å². The molecule has 0 radical (unpaired) electrons. The molecule has 0 aliphatic heterocycles. The largest absolute Gasteiger partial charge is 0.508 e. The van der Waals surface area contributed by atoms with Gasteiger partial charge in [-0.2, -0.15) is 0 Å². The first kappa shape index (κ1) is 16.3. The zero-order valence-corrected chi connectivity index (χ0v) is 12.8. The first-order valence-corrected chi connectivity index (χ1v) is 6.62. The van der Waals surface area contributed by atoms with Gasteiger partial charge in [0.05, 0.1) is 13.6 Å². The number of benzene rings is 2. The molecule has 0 aliphatic rings. The van der Waals surface area contributed by atoms with E-state index >= 15 is 0 Å². The summed E-state index contributed by atoms with van der Waals surface area (Å²) in [6.07, 6.45) is 0. The highest BCUT2D eigenvalue weighted by Crippen LogP contribution is 2.25. The lowest BCUT2D eigenvalue weighted by molar-refractivity contribution is 0.465. The smallest absolute Gasteiger partial charge is 0.145 e. The van der Waals surface area contributed by atoms with Crippen molar-refractivity contribution in [3.05, 3.63) is 55.6 Å². The average molecular weight is 419 g/mol. The Morgan fingerprint density at radius 3 is 1.95 bits per heavy atom. The number of hydrogen-bond acceptors (Lipinski definition) is 2. The summed E-state index contributed by atoms with van der Waals surface area (Å²) in [5.74, 6) is -1.39. The molecule has 0 heterocycles. The summed E-state index contributed by atoms with van der Waals surface area (Å²) in [5.41, 5.74) is 0. The second-order valence-electron chi connectivity index (χ2n) is 3.32. The van der Waals surface area contributed by atoms with Crippen LogP contribution in [0.5, 0.6) is 11.5 Å².